The highest BCUT2D eigenvalue weighted by Gasteiger charge is 2.73. The van der Waals surface area contributed by atoms with E-state index in [1.165, 1.54) is 0 Å². The Morgan fingerprint density at radius 2 is 1.94 bits per heavy atom. The second kappa shape index (κ2) is 2.96. The lowest BCUT2D eigenvalue weighted by Gasteiger charge is -2.70. The molecule has 4 aliphatic carbocycles. The van der Waals surface area contributed by atoms with Crippen LogP contribution in [0.5, 0.6) is 0 Å². The van der Waals surface area contributed by atoms with Crippen molar-refractivity contribution in [3.8, 4) is 0 Å². The summed E-state index contributed by atoms with van der Waals surface area (Å²) in [6.45, 7) is 8.66. The van der Waals surface area contributed by atoms with Crippen LogP contribution in [0.4, 0.5) is 0 Å². The predicted molar refractivity (Wildman–Crippen MR) is 66.5 cm³/mol. The summed E-state index contributed by atoms with van der Waals surface area (Å²) in [6, 6.07) is 0. The van der Waals surface area contributed by atoms with Crippen LogP contribution >= 0.6 is 0 Å². The molecule has 0 aromatic rings. The molecule has 4 fully saturated rings. The molecule has 0 saturated heterocycles. The zero-order valence-electron chi connectivity index (χ0n) is 11.4. The van der Waals surface area contributed by atoms with Crippen LogP contribution in [0.2, 0.25) is 0 Å². The average Bonchev–Trinajstić information content (AvgIpc) is 2.24. The third-order valence-corrected chi connectivity index (χ3v) is 6.89. The Bertz CT molecular complexity index is 386. The Balaban J connectivity index is 2.20. The van der Waals surface area contributed by atoms with E-state index in [1.807, 2.05) is 6.92 Å². The molecule has 0 heterocycles. The van der Waals surface area contributed by atoms with E-state index in [4.69, 9.17) is 0 Å². The van der Waals surface area contributed by atoms with Crippen molar-refractivity contribution in [2.24, 2.45) is 28.6 Å². The number of fused-ring (bicyclic) bond motifs is 1. The molecule has 0 unspecified atom stereocenters. The van der Waals surface area contributed by atoms with E-state index in [0.29, 0.717) is 30.0 Å². The summed E-state index contributed by atoms with van der Waals surface area (Å²) in [7, 11) is 0. The minimum absolute atomic E-state index is 0.105. The Hall–Kier alpha value is -0.370. The number of hydrogen-bond donors (Lipinski definition) is 1. The molecular weight excluding hydrogens is 212 g/mol. The smallest absolute Gasteiger partial charge is 0.142 e. The number of ketones is 1. The molecule has 0 aromatic heterocycles. The molecule has 0 amide bonds. The first-order valence-corrected chi connectivity index (χ1v) is 7.01. The third kappa shape index (κ3) is 1.01. The summed E-state index contributed by atoms with van der Waals surface area (Å²) in [5, 5.41) is 11.2. The van der Waals surface area contributed by atoms with Gasteiger partial charge in [0, 0.05) is 6.42 Å². The molecule has 4 aliphatic rings. The molecule has 4 saturated carbocycles. The minimum atomic E-state index is -0.768. The van der Waals surface area contributed by atoms with Crippen LogP contribution in [-0.2, 0) is 4.79 Å². The maximum absolute atomic E-state index is 12.5. The van der Waals surface area contributed by atoms with Crippen LogP contribution in [-0.4, -0.2) is 16.5 Å². The Morgan fingerprint density at radius 3 is 2.59 bits per heavy atom. The quantitative estimate of drug-likeness (QED) is 0.702. The third-order valence-electron chi connectivity index (χ3n) is 6.89. The van der Waals surface area contributed by atoms with Gasteiger partial charge in [-0.15, -0.1) is 0 Å². The predicted octanol–water partition coefficient (Wildman–Crippen LogP) is 2.79. The number of rotatable bonds is 0. The Morgan fingerprint density at radius 1 is 1.29 bits per heavy atom. The van der Waals surface area contributed by atoms with Crippen molar-refractivity contribution in [3.63, 3.8) is 0 Å². The normalized spacial score (nSPS) is 56.1. The SMILES string of the molecule is C[C@H]1CC[C@@]2(O)C(C)(C)[C@@H]3CC(=O)[C@@]2(C)[C@H]1C3. The van der Waals surface area contributed by atoms with Gasteiger partial charge in [-0.2, -0.15) is 0 Å². The molecule has 0 spiro atoms. The first-order valence-electron chi connectivity index (χ1n) is 7.01. The maximum atomic E-state index is 12.5. The van der Waals surface area contributed by atoms with E-state index in [-0.39, 0.29) is 5.41 Å². The monoisotopic (exact) mass is 236 g/mol. The first-order chi connectivity index (χ1) is 7.75. The van der Waals surface area contributed by atoms with Crippen LogP contribution in [0.3, 0.4) is 0 Å². The second-order valence-electron chi connectivity index (χ2n) is 7.47. The average molecular weight is 236 g/mol. The van der Waals surface area contributed by atoms with Gasteiger partial charge in [-0.25, -0.2) is 0 Å². The Labute approximate surface area is 104 Å². The van der Waals surface area contributed by atoms with Gasteiger partial charge in [-0.1, -0.05) is 20.8 Å². The molecule has 5 atom stereocenters. The van der Waals surface area contributed by atoms with Gasteiger partial charge in [0.15, 0.2) is 0 Å². The van der Waals surface area contributed by atoms with Gasteiger partial charge in [0.1, 0.15) is 5.78 Å². The molecule has 0 radical (unpaired) electrons. The fourth-order valence-electron chi connectivity index (χ4n) is 5.38. The first kappa shape index (κ1) is 11.7. The maximum Gasteiger partial charge on any atom is 0.142 e. The van der Waals surface area contributed by atoms with Gasteiger partial charge in [0.2, 0.25) is 0 Å². The van der Waals surface area contributed by atoms with Crippen LogP contribution < -0.4 is 0 Å². The van der Waals surface area contributed by atoms with E-state index < -0.39 is 11.0 Å². The number of carbonyl (C=O) groups is 1. The van der Waals surface area contributed by atoms with E-state index in [0.717, 1.165) is 19.3 Å². The summed E-state index contributed by atoms with van der Waals surface area (Å²) in [5.74, 6) is 1.70. The van der Waals surface area contributed by atoms with Crippen molar-refractivity contribution in [2.45, 2.75) is 59.0 Å². The molecule has 4 rings (SSSR count). The molecule has 1 N–H and O–H groups in total. The number of aliphatic hydroxyl groups is 1. The van der Waals surface area contributed by atoms with Gasteiger partial charge >= 0.3 is 0 Å². The molecular formula is C15H24O2. The molecule has 0 aromatic carbocycles. The summed E-state index contributed by atoms with van der Waals surface area (Å²) in [5.41, 5.74) is -1.36. The zero-order chi connectivity index (χ0) is 12.6. The van der Waals surface area contributed by atoms with Gasteiger partial charge in [0.25, 0.3) is 0 Å². The standard InChI is InChI=1S/C15H24O2/c1-9-5-6-15(17)13(2,3)10-7-11(9)14(15,4)12(16)8-10/h9-11,17H,5-8H2,1-4H3/t9-,10-,11-,14+,15+/m0/s1. The molecule has 0 aliphatic heterocycles. The van der Waals surface area contributed by atoms with Crippen LogP contribution in [0.1, 0.15) is 53.4 Å². The summed E-state index contributed by atoms with van der Waals surface area (Å²) in [6.07, 6.45) is 3.70. The number of hydrogen-bond acceptors (Lipinski definition) is 2. The van der Waals surface area contributed by atoms with Crippen molar-refractivity contribution in [3.05, 3.63) is 0 Å². The van der Waals surface area contributed by atoms with Crippen molar-refractivity contribution >= 4 is 5.78 Å². The van der Waals surface area contributed by atoms with Crippen LogP contribution in [0.15, 0.2) is 0 Å². The fraction of sp³-hybridized carbons (Fsp3) is 0.933. The van der Waals surface area contributed by atoms with Gasteiger partial charge in [0.05, 0.1) is 11.0 Å². The van der Waals surface area contributed by atoms with E-state index in [9.17, 15) is 9.90 Å². The van der Waals surface area contributed by atoms with Crippen molar-refractivity contribution in [2.75, 3.05) is 0 Å². The summed E-state index contributed by atoms with van der Waals surface area (Å²) >= 11 is 0. The molecule has 96 valence electrons. The van der Waals surface area contributed by atoms with Crippen molar-refractivity contribution in [1.82, 2.24) is 0 Å². The second-order valence-corrected chi connectivity index (χ2v) is 7.47. The van der Waals surface area contributed by atoms with E-state index in [1.54, 1.807) is 0 Å². The van der Waals surface area contributed by atoms with E-state index in [2.05, 4.69) is 20.8 Å². The Kier molecular flexibility index (Phi) is 2.04. The summed E-state index contributed by atoms with van der Waals surface area (Å²) in [4.78, 5) is 12.5. The summed E-state index contributed by atoms with van der Waals surface area (Å²) < 4.78 is 0. The molecule has 4 bridgehead atoms. The largest absolute Gasteiger partial charge is 0.388 e. The molecule has 2 heteroatoms. The minimum Gasteiger partial charge on any atom is -0.388 e. The van der Waals surface area contributed by atoms with Crippen molar-refractivity contribution in [1.29, 1.82) is 0 Å². The van der Waals surface area contributed by atoms with Gasteiger partial charge < -0.3 is 5.11 Å². The van der Waals surface area contributed by atoms with Crippen LogP contribution in [0.25, 0.3) is 0 Å². The number of Topliss-reactive ketones (excluding diaryl/α,β-unsaturated/α-hetero) is 1. The lowest BCUT2D eigenvalue weighted by molar-refractivity contribution is -0.271. The molecule has 17 heavy (non-hydrogen) atoms. The highest BCUT2D eigenvalue weighted by atomic mass is 16.3. The van der Waals surface area contributed by atoms with Crippen LogP contribution in [0, 0.1) is 28.6 Å². The van der Waals surface area contributed by atoms with Gasteiger partial charge in [-0.3, -0.25) is 4.79 Å². The highest BCUT2D eigenvalue weighted by molar-refractivity contribution is 5.89. The molecule has 2 nitrogen and oxygen atoms in total. The van der Waals surface area contributed by atoms with Gasteiger partial charge in [-0.05, 0) is 49.4 Å². The van der Waals surface area contributed by atoms with Crippen molar-refractivity contribution < 1.29 is 9.90 Å². The van der Waals surface area contributed by atoms with E-state index >= 15 is 0 Å². The zero-order valence-corrected chi connectivity index (χ0v) is 11.4. The lowest BCUT2D eigenvalue weighted by atomic mass is 9.35. The lowest BCUT2D eigenvalue weighted by Crippen LogP contribution is -2.74. The highest BCUT2D eigenvalue weighted by Crippen LogP contribution is 2.70. The number of carbonyl (C=O) groups excluding carboxylic acids is 1. The topological polar surface area (TPSA) is 37.3 Å². The fourth-order valence-corrected chi connectivity index (χ4v) is 5.38.